The summed E-state index contributed by atoms with van der Waals surface area (Å²) >= 11 is 1.63. The summed E-state index contributed by atoms with van der Waals surface area (Å²) < 4.78 is 10.3. The summed E-state index contributed by atoms with van der Waals surface area (Å²) in [4.78, 5) is 15.3. The third-order valence-electron chi connectivity index (χ3n) is 2.90. The first-order valence-electron chi connectivity index (χ1n) is 6.19. The Bertz CT molecular complexity index is 605. The van der Waals surface area contributed by atoms with E-state index in [1.807, 2.05) is 23.6 Å². The number of carbonyl (C=O) groups excluding carboxylic acids is 1. The zero-order valence-corrected chi connectivity index (χ0v) is 11.5. The van der Waals surface area contributed by atoms with Crippen molar-refractivity contribution in [3.63, 3.8) is 0 Å². The number of carbonyl (C=O) groups is 1. The Balaban J connectivity index is 1.81. The molecular weight excluding hydrogens is 274 g/mol. The molecular formula is C15H13NO3S. The van der Waals surface area contributed by atoms with E-state index in [0.717, 1.165) is 10.4 Å². The SMILES string of the molecule is O=C(c1ccco1)N(Cc1ccoc1)Cc1cccs1. The Morgan fingerprint density at radius 1 is 1.15 bits per heavy atom. The smallest absolute Gasteiger partial charge is 0.290 e. The van der Waals surface area contributed by atoms with E-state index in [-0.39, 0.29) is 5.91 Å². The molecule has 20 heavy (non-hydrogen) atoms. The fraction of sp³-hybridized carbons (Fsp3) is 0.133. The molecule has 0 aliphatic rings. The van der Waals surface area contributed by atoms with E-state index in [0.29, 0.717) is 18.8 Å². The van der Waals surface area contributed by atoms with E-state index in [4.69, 9.17) is 8.83 Å². The van der Waals surface area contributed by atoms with Gasteiger partial charge in [-0.15, -0.1) is 11.3 Å². The van der Waals surface area contributed by atoms with Gasteiger partial charge in [-0.25, -0.2) is 0 Å². The molecule has 5 heteroatoms. The predicted molar refractivity (Wildman–Crippen MR) is 75.3 cm³/mol. The fourth-order valence-corrected chi connectivity index (χ4v) is 2.67. The lowest BCUT2D eigenvalue weighted by Crippen LogP contribution is -2.29. The average Bonchev–Trinajstić information content (AvgIpc) is 3.20. The highest BCUT2D eigenvalue weighted by molar-refractivity contribution is 7.09. The van der Waals surface area contributed by atoms with E-state index in [2.05, 4.69) is 0 Å². The number of amides is 1. The van der Waals surface area contributed by atoms with Crippen LogP contribution in [0.4, 0.5) is 0 Å². The van der Waals surface area contributed by atoms with Crippen LogP contribution >= 0.6 is 11.3 Å². The van der Waals surface area contributed by atoms with Gasteiger partial charge in [-0.3, -0.25) is 4.79 Å². The van der Waals surface area contributed by atoms with Gasteiger partial charge in [0.2, 0.25) is 0 Å². The van der Waals surface area contributed by atoms with Crippen LogP contribution in [0.15, 0.2) is 63.3 Å². The summed E-state index contributed by atoms with van der Waals surface area (Å²) in [5.41, 5.74) is 0.960. The largest absolute Gasteiger partial charge is 0.472 e. The highest BCUT2D eigenvalue weighted by Gasteiger charge is 2.19. The van der Waals surface area contributed by atoms with Crippen molar-refractivity contribution in [2.24, 2.45) is 0 Å². The Kier molecular flexibility index (Phi) is 3.69. The van der Waals surface area contributed by atoms with Crippen LogP contribution in [0.5, 0.6) is 0 Å². The van der Waals surface area contributed by atoms with Crippen LogP contribution in [0.2, 0.25) is 0 Å². The molecule has 0 aliphatic carbocycles. The number of nitrogens with zero attached hydrogens (tertiary/aromatic N) is 1. The van der Waals surface area contributed by atoms with Crippen molar-refractivity contribution in [3.05, 3.63) is 70.7 Å². The van der Waals surface area contributed by atoms with E-state index < -0.39 is 0 Å². The zero-order chi connectivity index (χ0) is 13.8. The molecule has 0 fully saturated rings. The lowest BCUT2D eigenvalue weighted by atomic mass is 10.2. The van der Waals surface area contributed by atoms with Crippen LogP contribution in [0.1, 0.15) is 21.0 Å². The van der Waals surface area contributed by atoms with Gasteiger partial charge in [0, 0.05) is 17.0 Å². The Morgan fingerprint density at radius 2 is 2.10 bits per heavy atom. The van der Waals surface area contributed by atoms with Gasteiger partial charge in [-0.2, -0.15) is 0 Å². The van der Waals surface area contributed by atoms with Crippen LogP contribution in [0.25, 0.3) is 0 Å². The number of thiophene rings is 1. The summed E-state index contributed by atoms with van der Waals surface area (Å²) in [6.07, 6.45) is 4.77. The number of furan rings is 2. The molecule has 1 amide bonds. The zero-order valence-electron chi connectivity index (χ0n) is 10.7. The Labute approximate surface area is 120 Å². The van der Waals surface area contributed by atoms with Gasteiger partial charge in [0.05, 0.1) is 25.3 Å². The molecule has 0 unspecified atom stereocenters. The highest BCUT2D eigenvalue weighted by atomic mass is 32.1. The molecule has 0 N–H and O–H groups in total. The third-order valence-corrected chi connectivity index (χ3v) is 3.76. The molecule has 0 aromatic carbocycles. The standard InChI is InChI=1S/C15H13NO3S/c17-15(14-4-1-6-19-14)16(9-12-5-7-18-11-12)10-13-3-2-8-20-13/h1-8,11H,9-10H2. The third kappa shape index (κ3) is 2.83. The van der Waals surface area contributed by atoms with Crippen LogP contribution in [0.3, 0.4) is 0 Å². The summed E-state index contributed by atoms with van der Waals surface area (Å²) in [5.74, 6) is 0.231. The van der Waals surface area contributed by atoms with Gasteiger partial charge in [-0.05, 0) is 29.6 Å². The Morgan fingerprint density at radius 3 is 2.75 bits per heavy atom. The van der Waals surface area contributed by atoms with Crippen LogP contribution in [-0.2, 0) is 13.1 Å². The lowest BCUT2D eigenvalue weighted by molar-refractivity contribution is 0.0699. The van der Waals surface area contributed by atoms with Crippen LogP contribution in [-0.4, -0.2) is 10.8 Å². The second-order valence-corrected chi connectivity index (χ2v) is 5.38. The molecule has 3 aromatic rings. The summed E-state index contributed by atoms with van der Waals surface area (Å²) in [7, 11) is 0. The van der Waals surface area contributed by atoms with Gasteiger partial charge >= 0.3 is 0 Å². The molecule has 0 radical (unpaired) electrons. The lowest BCUT2D eigenvalue weighted by Gasteiger charge is -2.20. The van der Waals surface area contributed by atoms with E-state index in [1.165, 1.54) is 6.26 Å². The van der Waals surface area contributed by atoms with Gasteiger partial charge in [0.15, 0.2) is 5.76 Å². The maximum atomic E-state index is 12.5. The normalized spacial score (nSPS) is 10.6. The van der Waals surface area contributed by atoms with Crippen molar-refractivity contribution in [3.8, 4) is 0 Å². The van der Waals surface area contributed by atoms with Gasteiger partial charge in [-0.1, -0.05) is 6.07 Å². The first-order chi connectivity index (χ1) is 9.83. The monoisotopic (exact) mass is 287 g/mol. The molecule has 0 saturated heterocycles. The molecule has 0 saturated carbocycles. The van der Waals surface area contributed by atoms with Gasteiger partial charge in [0.25, 0.3) is 5.91 Å². The molecule has 0 bridgehead atoms. The Hall–Kier alpha value is -2.27. The number of rotatable bonds is 5. The second-order valence-electron chi connectivity index (χ2n) is 4.35. The van der Waals surface area contributed by atoms with Gasteiger partial charge in [0.1, 0.15) is 0 Å². The minimum atomic E-state index is -0.121. The fourth-order valence-electron chi connectivity index (χ4n) is 1.95. The maximum Gasteiger partial charge on any atom is 0.290 e. The minimum Gasteiger partial charge on any atom is -0.472 e. The second kappa shape index (κ2) is 5.79. The van der Waals surface area contributed by atoms with Crippen molar-refractivity contribution in [1.82, 2.24) is 4.90 Å². The molecule has 0 spiro atoms. The van der Waals surface area contributed by atoms with Crippen molar-refractivity contribution in [2.75, 3.05) is 0 Å². The quantitative estimate of drug-likeness (QED) is 0.717. The number of hydrogen-bond acceptors (Lipinski definition) is 4. The van der Waals surface area contributed by atoms with Crippen molar-refractivity contribution in [2.45, 2.75) is 13.1 Å². The van der Waals surface area contributed by atoms with Gasteiger partial charge < -0.3 is 13.7 Å². The molecule has 102 valence electrons. The van der Waals surface area contributed by atoms with Crippen molar-refractivity contribution >= 4 is 17.2 Å². The molecule has 3 rings (SSSR count). The molecule has 3 aromatic heterocycles. The first kappa shape index (κ1) is 12.7. The predicted octanol–water partition coefficient (Wildman–Crippen LogP) is 3.78. The minimum absolute atomic E-state index is 0.121. The highest BCUT2D eigenvalue weighted by Crippen LogP contribution is 2.17. The molecule has 4 nitrogen and oxygen atoms in total. The van der Waals surface area contributed by atoms with E-state index >= 15 is 0 Å². The average molecular weight is 287 g/mol. The molecule has 3 heterocycles. The number of hydrogen-bond donors (Lipinski definition) is 0. The van der Waals surface area contributed by atoms with E-state index in [9.17, 15) is 4.79 Å². The van der Waals surface area contributed by atoms with Crippen molar-refractivity contribution in [1.29, 1.82) is 0 Å². The summed E-state index contributed by atoms with van der Waals surface area (Å²) in [6, 6.07) is 9.25. The topological polar surface area (TPSA) is 46.6 Å². The van der Waals surface area contributed by atoms with Crippen LogP contribution < -0.4 is 0 Å². The molecule has 0 atom stereocenters. The first-order valence-corrected chi connectivity index (χ1v) is 7.07. The summed E-state index contributed by atoms with van der Waals surface area (Å²) in [6.45, 7) is 1.05. The van der Waals surface area contributed by atoms with Crippen LogP contribution in [0, 0.1) is 0 Å². The van der Waals surface area contributed by atoms with E-state index in [1.54, 1.807) is 40.9 Å². The maximum absolute atomic E-state index is 12.5. The van der Waals surface area contributed by atoms with Crippen molar-refractivity contribution < 1.29 is 13.6 Å². The summed E-state index contributed by atoms with van der Waals surface area (Å²) in [5, 5.41) is 2.00. The molecule has 0 aliphatic heterocycles.